The number of likely N-dealkylation sites (N-methyl/N-ethyl adjacent to an activating group) is 1. The quantitative estimate of drug-likeness (QED) is 0.785. The van der Waals surface area contributed by atoms with Gasteiger partial charge in [0, 0.05) is 19.8 Å². The maximum absolute atomic E-state index is 11.3. The summed E-state index contributed by atoms with van der Waals surface area (Å²) >= 11 is 11.8. The number of nitrogens with zero attached hydrogens (tertiary/aromatic N) is 2. The summed E-state index contributed by atoms with van der Waals surface area (Å²) in [6.45, 7) is 1.66. The van der Waals surface area contributed by atoms with Crippen molar-refractivity contribution in [1.82, 2.24) is 9.88 Å². The van der Waals surface area contributed by atoms with Crippen LogP contribution in [0.3, 0.4) is 0 Å². The number of aryl methyl sites for hydroxylation is 1. The molecule has 1 amide bonds. The smallest absolute Gasteiger partial charge is 0.259 e. The molecule has 88 valence electrons. The highest BCUT2D eigenvalue weighted by Gasteiger charge is 2.12. The lowest BCUT2D eigenvalue weighted by molar-refractivity contribution is -0.130. The minimum absolute atomic E-state index is 0.114. The fourth-order valence-corrected chi connectivity index (χ4v) is 1.62. The van der Waals surface area contributed by atoms with E-state index >= 15 is 0 Å². The summed E-state index contributed by atoms with van der Waals surface area (Å²) in [6, 6.07) is 1.63. The Bertz CT molecular complexity index is 385. The summed E-state index contributed by atoms with van der Waals surface area (Å²) in [7, 11) is 3.28. The van der Waals surface area contributed by atoms with Crippen molar-refractivity contribution in [3.05, 3.63) is 21.9 Å². The van der Waals surface area contributed by atoms with Gasteiger partial charge in [0.2, 0.25) is 0 Å². The first-order valence-electron chi connectivity index (χ1n) is 4.57. The number of hydrogen-bond acceptors (Lipinski definition) is 3. The molecule has 16 heavy (non-hydrogen) atoms. The van der Waals surface area contributed by atoms with E-state index in [1.165, 1.54) is 4.90 Å². The molecule has 0 spiro atoms. The summed E-state index contributed by atoms with van der Waals surface area (Å²) < 4.78 is 5.23. The van der Waals surface area contributed by atoms with Crippen LogP contribution in [0.15, 0.2) is 6.07 Å². The normalized spacial score (nSPS) is 10.1. The summed E-state index contributed by atoms with van der Waals surface area (Å²) in [5.74, 6) is 0.0665. The second kappa shape index (κ2) is 5.37. The number of carbonyl (C=O) groups is 1. The fourth-order valence-electron chi connectivity index (χ4n) is 0.977. The van der Waals surface area contributed by atoms with Crippen molar-refractivity contribution in [1.29, 1.82) is 0 Å². The summed E-state index contributed by atoms with van der Waals surface area (Å²) in [4.78, 5) is 16.7. The molecule has 0 aliphatic rings. The van der Waals surface area contributed by atoms with Crippen LogP contribution in [0.5, 0.6) is 5.75 Å². The number of ether oxygens (including phenoxy) is 1. The first-order chi connectivity index (χ1) is 7.41. The summed E-state index contributed by atoms with van der Waals surface area (Å²) in [6.07, 6.45) is 0. The van der Waals surface area contributed by atoms with Gasteiger partial charge in [0.15, 0.2) is 17.5 Å². The van der Waals surface area contributed by atoms with Crippen LogP contribution in [-0.2, 0) is 4.79 Å². The molecule has 0 aromatic carbocycles. The van der Waals surface area contributed by atoms with Crippen LogP contribution in [0.25, 0.3) is 0 Å². The van der Waals surface area contributed by atoms with Crippen molar-refractivity contribution >= 4 is 29.1 Å². The zero-order valence-electron chi connectivity index (χ0n) is 9.25. The lowest BCUT2D eigenvalue weighted by Gasteiger charge is -2.13. The molecule has 0 aliphatic carbocycles. The summed E-state index contributed by atoms with van der Waals surface area (Å²) in [5.41, 5.74) is 0.696. The first-order valence-corrected chi connectivity index (χ1v) is 5.33. The van der Waals surface area contributed by atoms with Crippen LogP contribution in [0, 0.1) is 6.92 Å². The molecule has 1 aromatic heterocycles. The molecular weight excluding hydrogens is 251 g/mol. The number of aromatic nitrogens is 1. The zero-order chi connectivity index (χ0) is 12.3. The van der Waals surface area contributed by atoms with Crippen molar-refractivity contribution in [2.45, 2.75) is 6.92 Å². The molecule has 1 heterocycles. The topological polar surface area (TPSA) is 42.4 Å². The van der Waals surface area contributed by atoms with Gasteiger partial charge in [0.1, 0.15) is 0 Å². The average Bonchev–Trinajstić information content (AvgIpc) is 2.15. The van der Waals surface area contributed by atoms with Gasteiger partial charge >= 0.3 is 0 Å². The van der Waals surface area contributed by atoms with E-state index < -0.39 is 0 Å². The predicted octanol–water partition coefficient (Wildman–Crippen LogP) is 2.16. The second-order valence-corrected chi connectivity index (χ2v) is 4.21. The molecule has 1 aromatic rings. The summed E-state index contributed by atoms with van der Waals surface area (Å²) in [5, 5.41) is 0.514. The van der Waals surface area contributed by atoms with E-state index in [0.717, 1.165) is 0 Å². The fraction of sp³-hybridized carbons (Fsp3) is 0.400. The van der Waals surface area contributed by atoms with E-state index in [9.17, 15) is 4.79 Å². The van der Waals surface area contributed by atoms with Gasteiger partial charge in [-0.25, -0.2) is 4.98 Å². The number of hydrogen-bond donors (Lipinski definition) is 0. The zero-order valence-corrected chi connectivity index (χ0v) is 10.8. The Morgan fingerprint density at radius 1 is 1.50 bits per heavy atom. The molecule has 0 atom stereocenters. The van der Waals surface area contributed by atoms with Gasteiger partial charge in [-0.15, -0.1) is 0 Å². The van der Waals surface area contributed by atoms with Crippen molar-refractivity contribution < 1.29 is 9.53 Å². The predicted molar refractivity (Wildman–Crippen MR) is 63.2 cm³/mol. The number of rotatable bonds is 3. The molecule has 0 N–H and O–H groups in total. The number of halogens is 2. The van der Waals surface area contributed by atoms with Crippen LogP contribution in [-0.4, -0.2) is 36.5 Å². The molecule has 0 radical (unpaired) electrons. The second-order valence-electron chi connectivity index (χ2n) is 3.44. The third-order valence-corrected chi connectivity index (χ3v) is 2.39. The Morgan fingerprint density at radius 3 is 2.62 bits per heavy atom. The number of pyridine rings is 1. The molecule has 0 aliphatic heterocycles. The Kier molecular flexibility index (Phi) is 4.38. The first kappa shape index (κ1) is 13.1. The largest absolute Gasteiger partial charge is 0.479 e. The maximum Gasteiger partial charge on any atom is 0.259 e. The van der Waals surface area contributed by atoms with Crippen molar-refractivity contribution in [3.8, 4) is 5.75 Å². The standard InChI is InChI=1S/C10H12Cl2N2O2/c1-6-4-7(11)9(10(12)13-6)16-5-8(15)14(2)3/h4H,5H2,1-3H3. The van der Waals surface area contributed by atoms with Gasteiger partial charge in [-0.2, -0.15) is 0 Å². The van der Waals surface area contributed by atoms with Gasteiger partial charge in [0.05, 0.1) is 5.02 Å². The van der Waals surface area contributed by atoms with Gasteiger partial charge in [0.25, 0.3) is 5.91 Å². The molecule has 4 nitrogen and oxygen atoms in total. The molecule has 6 heteroatoms. The SMILES string of the molecule is Cc1cc(Cl)c(OCC(=O)N(C)C)c(Cl)n1. The molecule has 0 saturated heterocycles. The Labute approximate surface area is 104 Å². The van der Waals surface area contributed by atoms with E-state index in [4.69, 9.17) is 27.9 Å². The molecule has 0 bridgehead atoms. The number of amides is 1. The van der Waals surface area contributed by atoms with E-state index in [1.54, 1.807) is 27.1 Å². The van der Waals surface area contributed by atoms with Gasteiger partial charge in [-0.1, -0.05) is 23.2 Å². The van der Waals surface area contributed by atoms with Gasteiger partial charge in [-0.3, -0.25) is 4.79 Å². The maximum atomic E-state index is 11.3. The van der Waals surface area contributed by atoms with Crippen LogP contribution < -0.4 is 4.74 Å². The number of carbonyl (C=O) groups excluding carboxylic acids is 1. The highest BCUT2D eigenvalue weighted by molar-refractivity contribution is 6.36. The Balaban J connectivity index is 2.78. The van der Waals surface area contributed by atoms with Crippen molar-refractivity contribution in [2.75, 3.05) is 20.7 Å². The van der Waals surface area contributed by atoms with Crippen LogP contribution in [0.1, 0.15) is 5.69 Å². The minimum atomic E-state index is -0.173. The van der Waals surface area contributed by atoms with E-state index in [-0.39, 0.29) is 23.4 Å². The highest BCUT2D eigenvalue weighted by atomic mass is 35.5. The average molecular weight is 263 g/mol. The molecule has 0 unspecified atom stereocenters. The van der Waals surface area contributed by atoms with E-state index in [0.29, 0.717) is 10.7 Å². The minimum Gasteiger partial charge on any atom is -0.479 e. The molecule has 1 rings (SSSR count). The third kappa shape index (κ3) is 3.25. The lowest BCUT2D eigenvalue weighted by Crippen LogP contribution is -2.27. The van der Waals surface area contributed by atoms with Crippen LogP contribution in [0.4, 0.5) is 0 Å². The van der Waals surface area contributed by atoms with Crippen LogP contribution in [0.2, 0.25) is 10.2 Å². The Hall–Kier alpha value is -1.000. The van der Waals surface area contributed by atoms with Crippen molar-refractivity contribution in [2.24, 2.45) is 0 Å². The Morgan fingerprint density at radius 2 is 2.12 bits per heavy atom. The molecular formula is C10H12Cl2N2O2. The lowest BCUT2D eigenvalue weighted by atomic mass is 10.3. The van der Waals surface area contributed by atoms with Gasteiger partial charge < -0.3 is 9.64 Å². The highest BCUT2D eigenvalue weighted by Crippen LogP contribution is 2.31. The molecule has 0 saturated carbocycles. The van der Waals surface area contributed by atoms with E-state index in [1.807, 2.05) is 0 Å². The third-order valence-electron chi connectivity index (χ3n) is 1.85. The van der Waals surface area contributed by atoms with Gasteiger partial charge in [-0.05, 0) is 13.0 Å². The van der Waals surface area contributed by atoms with E-state index in [2.05, 4.69) is 4.98 Å². The van der Waals surface area contributed by atoms with Crippen LogP contribution >= 0.6 is 23.2 Å². The monoisotopic (exact) mass is 262 g/mol. The van der Waals surface area contributed by atoms with Crippen molar-refractivity contribution in [3.63, 3.8) is 0 Å². The molecule has 0 fully saturated rings.